The number of nitrogens with two attached hydrogens (primary N) is 1. The Morgan fingerprint density at radius 1 is 1.11 bits per heavy atom. The molecule has 90 valence electrons. The fourth-order valence-electron chi connectivity index (χ4n) is 1.73. The van der Waals surface area contributed by atoms with Gasteiger partial charge in [-0.2, -0.15) is 5.10 Å². The molecule has 0 spiro atoms. The fraction of sp³-hybridized carbons (Fsp3) is 0.0833. The molecule has 0 atom stereocenters. The molecule has 0 amide bonds. The van der Waals surface area contributed by atoms with Crippen molar-refractivity contribution in [1.82, 2.24) is 20.0 Å². The molecule has 18 heavy (non-hydrogen) atoms. The van der Waals surface area contributed by atoms with Crippen LogP contribution in [0.4, 0.5) is 5.69 Å². The molecule has 3 rings (SSSR count). The van der Waals surface area contributed by atoms with Crippen molar-refractivity contribution in [2.75, 3.05) is 5.73 Å². The Morgan fingerprint density at radius 3 is 2.50 bits per heavy atom. The molecule has 0 saturated heterocycles. The van der Waals surface area contributed by atoms with E-state index in [1.54, 1.807) is 17.9 Å². The minimum atomic E-state index is 0.367. The van der Waals surface area contributed by atoms with Crippen molar-refractivity contribution in [2.24, 2.45) is 7.05 Å². The second-order valence-electron chi connectivity index (χ2n) is 3.85. The standard InChI is InChI=1S/C12H11N5O/c1-17-10(9(13)7-14-17)12-16-15-11(18-12)8-5-3-2-4-6-8/h2-7H,13H2,1H3. The first-order valence-corrected chi connectivity index (χ1v) is 5.42. The van der Waals surface area contributed by atoms with E-state index in [9.17, 15) is 0 Å². The Morgan fingerprint density at radius 2 is 1.83 bits per heavy atom. The Labute approximate surface area is 103 Å². The topological polar surface area (TPSA) is 82.8 Å². The second-order valence-corrected chi connectivity index (χ2v) is 3.85. The van der Waals surface area contributed by atoms with Crippen LogP contribution in [0, 0.1) is 0 Å². The number of hydrogen-bond donors (Lipinski definition) is 1. The summed E-state index contributed by atoms with van der Waals surface area (Å²) in [4.78, 5) is 0. The van der Waals surface area contributed by atoms with Gasteiger partial charge in [-0.25, -0.2) is 0 Å². The van der Waals surface area contributed by atoms with E-state index < -0.39 is 0 Å². The third-order valence-electron chi connectivity index (χ3n) is 2.62. The number of aromatic nitrogens is 4. The first-order valence-electron chi connectivity index (χ1n) is 5.42. The van der Waals surface area contributed by atoms with Crippen molar-refractivity contribution >= 4 is 5.69 Å². The van der Waals surface area contributed by atoms with Crippen LogP contribution in [0.25, 0.3) is 23.0 Å². The molecule has 0 fully saturated rings. The van der Waals surface area contributed by atoms with Gasteiger partial charge in [0.2, 0.25) is 5.89 Å². The van der Waals surface area contributed by atoms with Crippen LogP contribution in [0.15, 0.2) is 40.9 Å². The van der Waals surface area contributed by atoms with Crippen LogP contribution in [0.5, 0.6) is 0 Å². The molecule has 2 heterocycles. The lowest BCUT2D eigenvalue weighted by molar-refractivity contribution is 0.575. The van der Waals surface area contributed by atoms with Gasteiger partial charge in [-0.15, -0.1) is 10.2 Å². The van der Waals surface area contributed by atoms with Gasteiger partial charge < -0.3 is 10.2 Å². The number of nitrogens with zero attached hydrogens (tertiary/aromatic N) is 4. The third kappa shape index (κ3) is 1.64. The van der Waals surface area contributed by atoms with Gasteiger partial charge in [0, 0.05) is 12.6 Å². The van der Waals surface area contributed by atoms with E-state index in [0.717, 1.165) is 5.56 Å². The van der Waals surface area contributed by atoms with E-state index in [4.69, 9.17) is 10.2 Å². The number of aryl methyl sites for hydroxylation is 1. The molecule has 2 aromatic heterocycles. The largest absolute Gasteiger partial charge is 0.415 e. The van der Waals surface area contributed by atoms with Crippen LogP contribution >= 0.6 is 0 Å². The summed E-state index contributed by atoms with van der Waals surface area (Å²) in [6, 6.07) is 9.57. The molecule has 0 saturated carbocycles. The minimum Gasteiger partial charge on any atom is -0.415 e. The first kappa shape index (κ1) is 10.5. The van der Waals surface area contributed by atoms with Crippen LogP contribution in [-0.2, 0) is 7.05 Å². The van der Waals surface area contributed by atoms with E-state index in [2.05, 4.69) is 15.3 Å². The Balaban J connectivity index is 2.05. The molecule has 0 unspecified atom stereocenters. The Hall–Kier alpha value is -2.63. The smallest absolute Gasteiger partial charge is 0.268 e. The minimum absolute atomic E-state index is 0.367. The van der Waals surface area contributed by atoms with Gasteiger partial charge in [0.25, 0.3) is 5.89 Å². The van der Waals surface area contributed by atoms with Crippen molar-refractivity contribution < 1.29 is 4.42 Å². The predicted molar refractivity (Wildman–Crippen MR) is 66.3 cm³/mol. The van der Waals surface area contributed by atoms with Crippen molar-refractivity contribution in [2.45, 2.75) is 0 Å². The summed E-state index contributed by atoms with van der Waals surface area (Å²) >= 11 is 0. The lowest BCUT2D eigenvalue weighted by Crippen LogP contribution is -1.95. The monoisotopic (exact) mass is 241 g/mol. The van der Waals surface area contributed by atoms with Crippen LogP contribution < -0.4 is 5.73 Å². The predicted octanol–water partition coefficient (Wildman–Crippen LogP) is 1.72. The van der Waals surface area contributed by atoms with Gasteiger partial charge in [-0.3, -0.25) is 4.68 Å². The average Bonchev–Trinajstić information content (AvgIpc) is 2.98. The highest BCUT2D eigenvalue weighted by atomic mass is 16.4. The first-order chi connectivity index (χ1) is 8.75. The Kier molecular flexibility index (Phi) is 2.33. The number of anilines is 1. The van der Waals surface area contributed by atoms with Crippen LogP contribution in [0.2, 0.25) is 0 Å². The molecule has 2 N–H and O–H groups in total. The molecule has 0 bridgehead atoms. The van der Waals surface area contributed by atoms with Gasteiger partial charge in [0.05, 0.1) is 11.9 Å². The molecule has 6 heteroatoms. The van der Waals surface area contributed by atoms with E-state index in [1.165, 1.54) is 0 Å². The van der Waals surface area contributed by atoms with E-state index in [0.29, 0.717) is 23.2 Å². The molecule has 1 aromatic carbocycles. The van der Waals surface area contributed by atoms with Crippen molar-refractivity contribution in [1.29, 1.82) is 0 Å². The van der Waals surface area contributed by atoms with Gasteiger partial charge in [-0.1, -0.05) is 18.2 Å². The third-order valence-corrected chi connectivity index (χ3v) is 2.62. The van der Waals surface area contributed by atoms with Crippen LogP contribution in [0.1, 0.15) is 0 Å². The molecule has 3 aromatic rings. The summed E-state index contributed by atoms with van der Waals surface area (Å²) in [5.74, 6) is 0.831. The SMILES string of the molecule is Cn1ncc(N)c1-c1nnc(-c2ccccc2)o1. The van der Waals surface area contributed by atoms with Gasteiger partial charge in [-0.05, 0) is 12.1 Å². The van der Waals surface area contributed by atoms with Crippen molar-refractivity contribution in [3.05, 3.63) is 36.5 Å². The lowest BCUT2D eigenvalue weighted by atomic mass is 10.2. The molecular weight excluding hydrogens is 230 g/mol. The maximum absolute atomic E-state index is 5.81. The number of rotatable bonds is 2. The molecule has 6 nitrogen and oxygen atoms in total. The Bertz CT molecular complexity index is 651. The lowest BCUT2D eigenvalue weighted by Gasteiger charge is -1.96. The van der Waals surface area contributed by atoms with Crippen molar-refractivity contribution in [3.63, 3.8) is 0 Å². The van der Waals surface area contributed by atoms with E-state index >= 15 is 0 Å². The molecular formula is C12H11N5O. The maximum Gasteiger partial charge on any atom is 0.268 e. The quantitative estimate of drug-likeness (QED) is 0.738. The average molecular weight is 241 g/mol. The van der Waals surface area contributed by atoms with Crippen molar-refractivity contribution in [3.8, 4) is 23.0 Å². The molecule has 0 aliphatic heterocycles. The summed E-state index contributed by atoms with van der Waals surface area (Å²) in [6.45, 7) is 0. The highest BCUT2D eigenvalue weighted by Crippen LogP contribution is 2.26. The van der Waals surface area contributed by atoms with Crippen LogP contribution in [0.3, 0.4) is 0 Å². The van der Waals surface area contributed by atoms with Gasteiger partial charge in [0.15, 0.2) is 0 Å². The molecule has 0 aliphatic rings. The maximum atomic E-state index is 5.81. The highest BCUT2D eigenvalue weighted by Gasteiger charge is 2.16. The van der Waals surface area contributed by atoms with Crippen LogP contribution in [-0.4, -0.2) is 20.0 Å². The van der Waals surface area contributed by atoms with E-state index in [-0.39, 0.29) is 0 Å². The summed E-state index contributed by atoms with van der Waals surface area (Å²) in [7, 11) is 1.78. The van der Waals surface area contributed by atoms with Gasteiger partial charge >= 0.3 is 0 Å². The second kappa shape index (κ2) is 3.99. The summed E-state index contributed by atoms with van der Waals surface area (Å²) in [6.07, 6.45) is 1.56. The van der Waals surface area contributed by atoms with Gasteiger partial charge in [0.1, 0.15) is 5.69 Å². The normalized spacial score (nSPS) is 10.7. The summed E-state index contributed by atoms with van der Waals surface area (Å²) in [5.41, 5.74) is 7.83. The highest BCUT2D eigenvalue weighted by molar-refractivity contribution is 5.66. The fourth-order valence-corrected chi connectivity index (χ4v) is 1.73. The zero-order valence-corrected chi connectivity index (χ0v) is 9.74. The summed E-state index contributed by atoms with van der Waals surface area (Å²) < 4.78 is 7.22. The number of hydrogen-bond acceptors (Lipinski definition) is 5. The summed E-state index contributed by atoms with van der Waals surface area (Å²) in [5, 5.41) is 12.0. The zero-order valence-electron chi connectivity index (χ0n) is 9.74. The molecule has 0 radical (unpaired) electrons. The number of nitrogen functional groups attached to an aromatic ring is 1. The zero-order chi connectivity index (χ0) is 12.5. The van der Waals surface area contributed by atoms with E-state index in [1.807, 2.05) is 30.3 Å². The number of benzene rings is 1. The molecule has 0 aliphatic carbocycles.